The van der Waals surface area contributed by atoms with Gasteiger partial charge in [0, 0.05) is 18.9 Å². The minimum Gasteiger partial charge on any atom is -0.358 e. The lowest BCUT2D eigenvalue weighted by atomic mass is 10.0. The highest BCUT2D eigenvalue weighted by Gasteiger charge is 2.31. The summed E-state index contributed by atoms with van der Waals surface area (Å²) in [4.78, 5) is 20.2. The zero-order chi connectivity index (χ0) is 19.8. The molecule has 0 radical (unpaired) electrons. The summed E-state index contributed by atoms with van der Waals surface area (Å²) in [5.41, 5.74) is 1.98. The SMILES string of the molecule is CNC(=O)Cn1cnc2c(Nc3c(C)cc(C(F)(F)F)cc3C)nccc21. The highest BCUT2D eigenvalue weighted by molar-refractivity contribution is 5.89. The highest BCUT2D eigenvalue weighted by Crippen LogP contribution is 2.35. The molecule has 1 amide bonds. The van der Waals surface area contributed by atoms with Gasteiger partial charge in [-0.25, -0.2) is 9.97 Å². The van der Waals surface area contributed by atoms with E-state index in [1.807, 2.05) is 0 Å². The van der Waals surface area contributed by atoms with Crippen LogP contribution in [0.3, 0.4) is 0 Å². The molecule has 3 aromatic rings. The Labute approximate surface area is 153 Å². The second kappa shape index (κ2) is 6.90. The monoisotopic (exact) mass is 377 g/mol. The molecule has 142 valence electrons. The minimum absolute atomic E-state index is 0.106. The number of carbonyl (C=O) groups is 1. The number of nitrogens with one attached hydrogen (secondary N) is 2. The summed E-state index contributed by atoms with van der Waals surface area (Å²) in [6.45, 7) is 3.32. The first kappa shape index (κ1) is 18.7. The Kier molecular flexibility index (Phi) is 4.77. The predicted octanol–water partition coefficient (Wildman–Crippen LogP) is 3.56. The average molecular weight is 377 g/mol. The number of hydrogen-bond donors (Lipinski definition) is 2. The number of nitrogens with zero attached hydrogens (tertiary/aromatic N) is 3. The largest absolute Gasteiger partial charge is 0.416 e. The second-order valence-corrected chi connectivity index (χ2v) is 6.18. The fourth-order valence-electron chi connectivity index (χ4n) is 2.89. The number of alkyl halides is 3. The number of amides is 1. The molecule has 0 saturated heterocycles. The molecule has 2 aromatic heterocycles. The van der Waals surface area contributed by atoms with Crippen LogP contribution < -0.4 is 10.6 Å². The van der Waals surface area contributed by atoms with Gasteiger partial charge in [-0.2, -0.15) is 13.2 Å². The molecule has 27 heavy (non-hydrogen) atoms. The van der Waals surface area contributed by atoms with Crippen LogP contribution in [0.4, 0.5) is 24.7 Å². The molecule has 2 heterocycles. The maximum absolute atomic E-state index is 13.0. The third-order valence-corrected chi connectivity index (χ3v) is 4.23. The van der Waals surface area contributed by atoms with Crippen LogP contribution in [0.5, 0.6) is 0 Å². The first-order valence-corrected chi connectivity index (χ1v) is 8.16. The molecule has 0 bridgehead atoms. The first-order chi connectivity index (χ1) is 12.7. The molecule has 0 aliphatic carbocycles. The number of aryl methyl sites for hydroxylation is 2. The number of pyridine rings is 1. The van der Waals surface area contributed by atoms with Crippen molar-refractivity contribution in [3.63, 3.8) is 0 Å². The molecular weight excluding hydrogens is 359 g/mol. The van der Waals surface area contributed by atoms with Gasteiger partial charge in [-0.3, -0.25) is 4.79 Å². The quantitative estimate of drug-likeness (QED) is 0.729. The minimum atomic E-state index is -4.40. The van der Waals surface area contributed by atoms with Gasteiger partial charge in [0.25, 0.3) is 0 Å². The van der Waals surface area contributed by atoms with Gasteiger partial charge in [-0.15, -0.1) is 0 Å². The van der Waals surface area contributed by atoms with Gasteiger partial charge >= 0.3 is 6.18 Å². The number of fused-ring (bicyclic) bond motifs is 1. The van der Waals surface area contributed by atoms with E-state index >= 15 is 0 Å². The lowest BCUT2D eigenvalue weighted by Gasteiger charge is -2.16. The van der Waals surface area contributed by atoms with Crippen LogP contribution in [0.2, 0.25) is 0 Å². The average Bonchev–Trinajstić information content (AvgIpc) is 3.00. The van der Waals surface area contributed by atoms with Crippen molar-refractivity contribution in [2.75, 3.05) is 12.4 Å². The first-order valence-electron chi connectivity index (χ1n) is 8.16. The van der Waals surface area contributed by atoms with Crippen molar-refractivity contribution < 1.29 is 18.0 Å². The van der Waals surface area contributed by atoms with E-state index in [9.17, 15) is 18.0 Å². The summed E-state index contributed by atoms with van der Waals surface area (Å²) in [6.07, 6.45) is -1.31. The normalized spacial score (nSPS) is 11.6. The van der Waals surface area contributed by atoms with E-state index in [1.165, 1.54) is 6.33 Å². The summed E-state index contributed by atoms with van der Waals surface area (Å²) in [5.74, 6) is 0.240. The molecule has 0 fully saturated rings. The van der Waals surface area contributed by atoms with Crippen LogP contribution in [0.25, 0.3) is 11.0 Å². The van der Waals surface area contributed by atoms with Gasteiger partial charge in [-0.1, -0.05) is 0 Å². The number of likely N-dealkylation sites (N-methyl/N-ethyl adjacent to an activating group) is 1. The van der Waals surface area contributed by atoms with Crippen molar-refractivity contribution in [2.24, 2.45) is 0 Å². The standard InChI is InChI=1S/C18H18F3N5O/c1-10-6-12(18(19,20)21)7-11(2)15(10)25-17-16-13(4-5-23-17)26(9-24-16)8-14(27)22-3/h4-7,9H,8H2,1-3H3,(H,22,27)(H,23,25). The molecule has 0 saturated carbocycles. The van der Waals surface area contributed by atoms with Crippen LogP contribution in [0, 0.1) is 13.8 Å². The maximum Gasteiger partial charge on any atom is 0.416 e. The van der Waals surface area contributed by atoms with E-state index in [2.05, 4.69) is 20.6 Å². The molecule has 0 atom stereocenters. The molecule has 2 N–H and O–H groups in total. The third-order valence-electron chi connectivity index (χ3n) is 4.23. The number of anilines is 2. The maximum atomic E-state index is 13.0. The van der Waals surface area contributed by atoms with Crippen molar-refractivity contribution in [2.45, 2.75) is 26.6 Å². The summed E-state index contributed by atoms with van der Waals surface area (Å²) in [6, 6.07) is 3.92. The summed E-state index contributed by atoms with van der Waals surface area (Å²) in [7, 11) is 1.55. The van der Waals surface area contributed by atoms with Crippen LogP contribution in [-0.4, -0.2) is 27.5 Å². The number of benzene rings is 1. The second-order valence-electron chi connectivity index (χ2n) is 6.18. The van der Waals surface area contributed by atoms with Gasteiger partial charge in [0.1, 0.15) is 12.1 Å². The number of carbonyl (C=O) groups excluding carboxylic acids is 1. The van der Waals surface area contributed by atoms with Gasteiger partial charge in [0.15, 0.2) is 5.82 Å². The van der Waals surface area contributed by atoms with Crippen molar-refractivity contribution in [3.05, 3.63) is 47.4 Å². The fraction of sp³-hybridized carbons (Fsp3) is 0.278. The molecule has 0 aliphatic heterocycles. The Bertz CT molecular complexity index is 987. The van der Waals surface area contributed by atoms with Crippen LogP contribution >= 0.6 is 0 Å². The van der Waals surface area contributed by atoms with E-state index in [1.54, 1.807) is 37.7 Å². The fourth-order valence-corrected chi connectivity index (χ4v) is 2.89. The smallest absolute Gasteiger partial charge is 0.358 e. The van der Waals surface area contributed by atoms with E-state index in [4.69, 9.17) is 0 Å². The molecule has 1 aromatic carbocycles. The topological polar surface area (TPSA) is 71.8 Å². The van der Waals surface area contributed by atoms with Gasteiger partial charge in [0.05, 0.1) is 17.4 Å². The van der Waals surface area contributed by atoms with E-state index < -0.39 is 11.7 Å². The van der Waals surface area contributed by atoms with E-state index in [-0.39, 0.29) is 12.5 Å². The van der Waals surface area contributed by atoms with E-state index in [0.717, 1.165) is 12.1 Å². The molecule has 9 heteroatoms. The number of rotatable bonds is 4. The lowest BCUT2D eigenvalue weighted by molar-refractivity contribution is -0.137. The number of aromatic nitrogens is 3. The van der Waals surface area contributed by atoms with Crippen LogP contribution in [0.1, 0.15) is 16.7 Å². The molecular formula is C18H18F3N5O. The van der Waals surface area contributed by atoms with Crippen molar-refractivity contribution in [1.82, 2.24) is 19.9 Å². The molecule has 6 nitrogen and oxygen atoms in total. The number of hydrogen-bond acceptors (Lipinski definition) is 4. The summed E-state index contributed by atoms with van der Waals surface area (Å²) in [5, 5.41) is 5.63. The lowest BCUT2D eigenvalue weighted by Crippen LogP contribution is -2.23. The third kappa shape index (κ3) is 3.71. The number of imidazole rings is 1. The zero-order valence-corrected chi connectivity index (χ0v) is 15.0. The Morgan fingerprint density at radius 3 is 2.44 bits per heavy atom. The van der Waals surface area contributed by atoms with Crippen LogP contribution in [0.15, 0.2) is 30.7 Å². The predicted molar refractivity (Wildman–Crippen MR) is 95.8 cm³/mol. The molecule has 0 spiro atoms. The highest BCUT2D eigenvalue weighted by atomic mass is 19.4. The van der Waals surface area contributed by atoms with Crippen molar-refractivity contribution in [3.8, 4) is 0 Å². The van der Waals surface area contributed by atoms with Crippen molar-refractivity contribution >= 4 is 28.4 Å². The van der Waals surface area contributed by atoms with Gasteiger partial charge in [0.2, 0.25) is 5.91 Å². The van der Waals surface area contributed by atoms with Crippen LogP contribution in [-0.2, 0) is 17.5 Å². The molecule has 0 unspecified atom stereocenters. The molecule has 0 aliphatic rings. The number of halogens is 3. The Balaban J connectivity index is 1.99. The van der Waals surface area contributed by atoms with Crippen molar-refractivity contribution in [1.29, 1.82) is 0 Å². The Morgan fingerprint density at radius 2 is 1.85 bits per heavy atom. The summed E-state index contributed by atoms with van der Waals surface area (Å²) >= 11 is 0. The van der Waals surface area contributed by atoms with E-state index in [0.29, 0.717) is 33.7 Å². The molecule has 3 rings (SSSR count). The summed E-state index contributed by atoms with van der Waals surface area (Å²) < 4.78 is 40.6. The zero-order valence-electron chi connectivity index (χ0n) is 15.0. The van der Waals surface area contributed by atoms with Gasteiger partial charge in [-0.05, 0) is 43.2 Å². The van der Waals surface area contributed by atoms with Gasteiger partial charge < -0.3 is 15.2 Å². The Morgan fingerprint density at radius 1 is 1.19 bits per heavy atom. The Hall–Kier alpha value is -3.10.